The maximum atomic E-state index is 12.1. The molecule has 0 fully saturated rings. The second-order valence-electron chi connectivity index (χ2n) is 8.26. The Hall–Kier alpha value is -3.39. The number of benzene rings is 2. The number of rotatable bonds is 12. The number of amides is 2. The van der Waals surface area contributed by atoms with Crippen molar-refractivity contribution in [2.45, 2.75) is 44.6 Å². The molecule has 0 radical (unpaired) electrons. The molecule has 0 unspecified atom stereocenters. The van der Waals surface area contributed by atoms with Gasteiger partial charge in [0.15, 0.2) is 0 Å². The number of hydrogen-bond donors (Lipinski definition) is 3. The molecular weight excluding hydrogens is 436 g/mol. The summed E-state index contributed by atoms with van der Waals surface area (Å²) in [6.45, 7) is 4.26. The monoisotopic (exact) mass is 468 g/mol. The Labute approximate surface area is 199 Å². The van der Waals surface area contributed by atoms with Gasteiger partial charge in [-0.25, -0.2) is 9.59 Å². The Morgan fingerprint density at radius 3 is 2.09 bits per heavy atom. The molecule has 0 aromatic heterocycles. The summed E-state index contributed by atoms with van der Waals surface area (Å²) in [6.07, 6.45) is 0.116. The molecular formula is C26H32N2O6. The van der Waals surface area contributed by atoms with Crippen LogP contribution in [0.25, 0.3) is 11.1 Å². The molecule has 0 bridgehead atoms. The van der Waals surface area contributed by atoms with E-state index in [9.17, 15) is 19.5 Å². The Morgan fingerprint density at radius 1 is 0.941 bits per heavy atom. The van der Waals surface area contributed by atoms with Gasteiger partial charge in [0.05, 0.1) is 13.2 Å². The van der Waals surface area contributed by atoms with Crippen molar-refractivity contribution in [3.63, 3.8) is 0 Å². The number of carboxylic acids is 1. The lowest BCUT2D eigenvalue weighted by Gasteiger charge is -2.28. The van der Waals surface area contributed by atoms with E-state index in [0.29, 0.717) is 12.8 Å². The molecule has 3 N–H and O–H groups in total. The third-order valence-electron chi connectivity index (χ3n) is 6.33. The molecule has 2 aromatic rings. The first kappa shape index (κ1) is 25.2. The number of carbonyl (C=O) groups excluding carboxylic acids is 2. The second-order valence-corrected chi connectivity index (χ2v) is 8.26. The minimum atomic E-state index is -1.25. The van der Waals surface area contributed by atoms with Crippen LogP contribution in [0.15, 0.2) is 48.5 Å². The fraction of sp³-hybridized carbons (Fsp3) is 0.423. The maximum Gasteiger partial charge on any atom is 0.407 e. The maximum absolute atomic E-state index is 12.1. The van der Waals surface area contributed by atoms with Crippen LogP contribution in [-0.4, -0.2) is 55.0 Å². The van der Waals surface area contributed by atoms with Gasteiger partial charge in [-0.05, 0) is 35.1 Å². The van der Waals surface area contributed by atoms with Crippen molar-refractivity contribution in [2.75, 3.05) is 26.4 Å². The average Bonchev–Trinajstić information content (AvgIpc) is 3.17. The largest absolute Gasteiger partial charge is 0.480 e. The summed E-state index contributed by atoms with van der Waals surface area (Å²) in [5, 5.41) is 14.6. The van der Waals surface area contributed by atoms with Crippen molar-refractivity contribution in [1.82, 2.24) is 10.6 Å². The molecule has 1 aliphatic carbocycles. The third kappa shape index (κ3) is 5.75. The van der Waals surface area contributed by atoms with Gasteiger partial charge in [-0.1, -0.05) is 62.4 Å². The van der Waals surface area contributed by atoms with Gasteiger partial charge in [0.2, 0.25) is 5.91 Å². The minimum absolute atomic E-state index is 0.00271. The smallest absolute Gasteiger partial charge is 0.407 e. The third-order valence-corrected chi connectivity index (χ3v) is 6.33. The highest BCUT2D eigenvalue weighted by atomic mass is 16.5. The molecule has 0 spiro atoms. The lowest BCUT2D eigenvalue weighted by atomic mass is 9.93. The molecule has 2 amide bonds. The van der Waals surface area contributed by atoms with Crippen LogP contribution in [0.3, 0.4) is 0 Å². The van der Waals surface area contributed by atoms with Crippen LogP contribution >= 0.6 is 0 Å². The van der Waals surface area contributed by atoms with E-state index in [4.69, 9.17) is 9.47 Å². The number of carbonyl (C=O) groups is 3. The topological polar surface area (TPSA) is 114 Å². The zero-order valence-electron chi connectivity index (χ0n) is 19.6. The fourth-order valence-corrected chi connectivity index (χ4v) is 4.25. The van der Waals surface area contributed by atoms with Gasteiger partial charge in [0, 0.05) is 18.9 Å². The molecule has 0 saturated carbocycles. The van der Waals surface area contributed by atoms with E-state index in [2.05, 4.69) is 34.9 Å². The summed E-state index contributed by atoms with van der Waals surface area (Å²) in [4.78, 5) is 35.7. The summed E-state index contributed by atoms with van der Waals surface area (Å²) < 4.78 is 10.9. The molecule has 0 heterocycles. The van der Waals surface area contributed by atoms with Crippen molar-refractivity contribution in [1.29, 1.82) is 0 Å². The minimum Gasteiger partial charge on any atom is -0.480 e. The van der Waals surface area contributed by atoms with Gasteiger partial charge in [0.1, 0.15) is 12.1 Å². The highest BCUT2D eigenvalue weighted by molar-refractivity contribution is 5.87. The Balaban J connectivity index is 1.35. The van der Waals surface area contributed by atoms with Gasteiger partial charge in [0.25, 0.3) is 0 Å². The van der Waals surface area contributed by atoms with Crippen LogP contribution in [0, 0.1) is 0 Å². The zero-order valence-corrected chi connectivity index (χ0v) is 19.6. The molecule has 2 aromatic carbocycles. The van der Waals surface area contributed by atoms with E-state index in [-0.39, 0.29) is 44.6 Å². The number of carboxylic acid groups (broad SMARTS) is 1. The summed E-state index contributed by atoms with van der Waals surface area (Å²) in [6, 6.07) is 16.3. The molecule has 34 heavy (non-hydrogen) atoms. The molecule has 0 aliphatic heterocycles. The van der Waals surface area contributed by atoms with E-state index in [1.54, 1.807) is 13.8 Å². The molecule has 1 aliphatic rings. The second kappa shape index (κ2) is 11.7. The first-order chi connectivity index (χ1) is 16.4. The fourth-order valence-electron chi connectivity index (χ4n) is 4.25. The summed E-state index contributed by atoms with van der Waals surface area (Å²) in [5.41, 5.74) is 3.39. The predicted molar refractivity (Wildman–Crippen MR) is 128 cm³/mol. The number of ether oxygens (including phenoxy) is 2. The SMILES string of the molecule is CCC(CC)(NC(=O)CCOCCNC(=O)OCC1c2ccccc2-c2ccccc21)C(=O)O. The zero-order chi connectivity index (χ0) is 24.6. The summed E-state index contributed by atoms with van der Waals surface area (Å²) in [5.74, 6) is -1.42. The van der Waals surface area contributed by atoms with Gasteiger partial charge in [-0.15, -0.1) is 0 Å². The molecule has 8 nitrogen and oxygen atoms in total. The average molecular weight is 469 g/mol. The van der Waals surface area contributed by atoms with Crippen LogP contribution < -0.4 is 10.6 Å². The van der Waals surface area contributed by atoms with Crippen molar-refractivity contribution < 1.29 is 29.0 Å². The van der Waals surface area contributed by atoms with E-state index in [1.807, 2.05) is 24.3 Å². The van der Waals surface area contributed by atoms with Gasteiger partial charge < -0.3 is 25.2 Å². The molecule has 0 atom stereocenters. The summed E-state index contributed by atoms with van der Waals surface area (Å²) in [7, 11) is 0. The highest BCUT2D eigenvalue weighted by Gasteiger charge is 2.36. The van der Waals surface area contributed by atoms with Gasteiger partial charge in [-0.3, -0.25) is 4.79 Å². The first-order valence-corrected chi connectivity index (χ1v) is 11.6. The lowest BCUT2D eigenvalue weighted by Crippen LogP contribution is -2.53. The number of hydrogen-bond acceptors (Lipinski definition) is 5. The van der Waals surface area contributed by atoms with Crippen molar-refractivity contribution >= 4 is 18.0 Å². The standard InChI is InChI=1S/C26H32N2O6/c1-3-26(4-2,24(30)31)28-23(29)13-15-33-16-14-27-25(32)34-17-22-20-11-7-5-9-18(20)19-10-6-8-12-21(19)22/h5-12,22H,3-4,13-17H2,1-2H3,(H,27,32)(H,28,29)(H,30,31). The van der Waals surface area contributed by atoms with Crippen molar-refractivity contribution in [2.24, 2.45) is 0 Å². The van der Waals surface area contributed by atoms with Crippen LogP contribution in [0.4, 0.5) is 4.79 Å². The highest BCUT2D eigenvalue weighted by Crippen LogP contribution is 2.44. The van der Waals surface area contributed by atoms with Gasteiger partial charge in [-0.2, -0.15) is 0 Å². The van der Waals surface area contributed by atoms with Crippen LogP contribution in [-0.2, 0) is 19.1 Å². The Morgan fingerprint density at radius 2 is 1.53 bits per heavy atom. The van der Waals surface area contributed by atoms with E-state index < -0.39 is 17.6 Å². The van der Waals surface area contributed by atoms with Crippen LogP contribution in [0.5, 0.6) is 0 Å². The number of fused-ring (bicyclic) bond motifs is 3. The molecule has 0 saturated heterocycles. The molecule has 182 valence electrons. The first-order valence-electron chi connectivity index (χ1n) is 11.6. The summed E-state index contributed by atoms with van der Waals surface area (Å²) >= 11 is 0. The number of aliphatic carboxylic acids is 1. The molecule has 8 heteroatoms. The van der Waals surface area contributed by atoms with Crippen molar-refractivity contribution in [3.05, 3.63) is 59.7 Å². The Kier molecular flexibility index (Phi) is 8.65. The number of alkyl carbamates (subject to hydrolysis) is 1. The quantitative estimate of drug-likeness (QED) is 0.410. The normalized spacial score (nSPS) is 12.5. The lowest BCUT2D eigenvalue weighted by molar-refractivity contribution is -0.148. The van der Waals surface area contributed by atoms with E-state index >= 15 is 0 Å². The van der Waals surface area contributed by atoms with E-state index in [0.717, 1.165) is 11.1 Å². The van der Waals surface area contributed by atoms with Crippen LogP contribution in [0.2, 0.25) is 0 Å². The van der Waals surface area contributed by atoms with Crippen LogP contribution in [0.1, 0.15) is 50.2 Å². The Bertz CT molecular complexity index is 972. The number of nitrogens with one attached hydrogen (secondary N) is 2. The van der Waals surface area contributed by atoms with E-state index in [1.165, 1.54) is 11.1 Å². The van der Waals surface area contributed by atoms with Crippen molar-refractivity contribution in [3.8, 4) is 11.1 Å². The predicted octanol–water partition coefficient (Wildman–Crippen LogP) is 3.69. The van der Waals surface area contributed by atoms with Gasteiger partial charge >= 0.3 is 12.1 Å². The molecule has 3 rings (SSSR count).